The fraction of sp³-hybridized carbons (Fsp3) is 0.375. The SMILES string of the molecule is COc1ccc(/C=C/C(=O)NNC(=S)NCCC(C)C)cc1. The van der Waals surface area contributed by atoms with Gasteiger partial charge in [0.05, 0.1) is 7.11 Å². The van der Waals surface area contributed by atoms with Crippen LogP contribution in [0, 0.1) is 5.92 Å². The fourth-order valence-corrected chi connectivity index (χ4v) is 1.72. The monoisotopic (exact) mass is 321 g/mol. The highest BCUT2D eigenvalue weighted by atomic mass is 32.1. The summed E-state index contributed by atoms with van der Waals surface area (Å²) >= 11 is 5.05. The van der Waals surface area contributed by atoms with E-state index in [1.807, 2.05) is 24.3 Å². The maximum atomic E-state index is 11.7. The predicted octanol–water partition coefficient (Wildman–Crippen LogP) is 2.25. The van der Waals surface area contributed by atoms with Crippen LogP contribution in [0.2, 0.25) is 0 Å². The molecule has 120 valence electrons. The molecule has 0 aliphatic carbocycles. The summed E-state index contributed by atoms with van der Waals surface area (Å²) in [6.07, 6.45) is 4.17. The molecule has 5 nitrogen and oxygen atoms in total. The van der Waals surface area contributed by atoms with Crippen molar-refractivity contribution in [2.75, 3.05) is 13.7 Å². The van der Waals surface area contributed by atoms with Crippen LogP contribution in [0.1, 0.15) is 25.8 Å². The topological polar surface area (TPSA) is 62.4 Å². The molecular formula is C16H23N3O2S. The van der Waals surface area contributed by atoms with Gasteiger partial charge in [-0.3, -0.25) is 15.6 Å². The average molecular weight is 321 g/mol. The van der Waals surface area contributed by atoms with Crippen molar-refractivity contribution in [2.24, 2.45) is 5.92 Å². The number of benzene rings is 1. The van der Waals surface area contributed by atoms with Crippen LogP contribution in [-0.2, 0) is 4.79 Å². The summed E-state index contributed by atoms with van der Waals surface area (Å²) in [5.41, 5.74) is 6.08. The van der Waals surface area contributed by atoms with Crippen molar-refractivity contribution in [3.8, 4) is 5.75 Å². The van der Waals surface area contributed by atoms with Crippen LogP contribution in [0.3, 0.4) is 0 Å². The summed E-state index contributed by atoms with van der Waals surface area (Å²) in [6, 6.07) is 7.41. The lowest BCUT2D eigenvalue weighted by molar-refractivity contribution is -0.116. The third-order valence-corrected chi connectivity index (χ3v) is 3.10. The number of amides is 1. The second kappa shape index (κ2) is 9.78. The molecule has 0 fully saturated rings. The van der Waals surface area contributed by atoms with E-state index in [0.717, 1.165) is 24.3 Å². The molecule has 0 aromatic heterocycles. The van der Waals surface area contributed by atoms with E-state index >= 15 is 0 Å². The Balaban J connectivity index is 2.30. The van der Waals surface area contributed by atoms with Crippen LogP contribution in [0.25, 0.3) is 6.08 Å². The largest absolute Gasteiger partial charge is 0.497 e. The molecule has 22 heavy (non-hydrogen) atoms. The predicted molar refractivity (Wildman–Crippen MR) is 93.4 cm³/mol. The lowest BCUT2D eigenvalue weighted by atomic mass is 10.1. The van der Waals surface area contributed by atoms with Gasteiger partial charge < -0.3 is 10.1 Å². The van der Waals surface area contributed by atoms with Crippen LogP contribution in [-0.4, -0.2) is 24.7 Å². The van der Waals surface area contributed by atoms with Gasteiger partial charge in [0, 0.05) is 12.6 Å². The summed E-state index contributed by atoms with van der Waals surface area (Å²) < 4.78 is 5.07. The lowest BCUT2D eigenvalue weighted by Crippen LogP contribution is -2.46. The number of carbonyl (C=O) groups is 1. The number of nitrogens with one attached hydrogen (secondary N) is 3. The van der Waals surface area contributed by atoms with Gasteiger partial charge in [-0.25, -0.2) is 0 Å². The highest BCUT2D eigenvalue weighted by Gasteiger charge is 1.99. The molecule has 1 aromatic rings. The minimum atomic E-state index is -0.274. The van der Waals surface area contributed by atoms with Crippen molar-refractivity contribution >= 4 is 29.3 Å². The van der Waals surface area contributed by atoms with Crippen molar-refractivity contribution in [3.63, 3.8) is 0 Å². The first kappa shape index (κ1) is 18.0. The Hall–Kier alpha value is -2.08. The molecule has 0 spiro atoms. The van der Waals surface area contributed by atoms with E-state index in [-0.39, 0.29) is 5.91 Å². The molecule has 1 aromatic carbocycles. The molecule has 0 heterocycles. The minimum Gasteiger partial charge on any atom is -0.497 e. The van der Waals surface area contributed by atoms with Crippen molar-refractivity contribution in [3.05, 3.63) is 35.9 Å². The number of hydrogen-bond donors (Lipinski definition) is 3. The first-order valence-corrected chi connectivity index (χ1v) is 7.58. The zero-order chi connectivity index (χ0) is 16.4. The van der Waals surface area contributed by atoms with Gasteiger partial charge in [0.15, 0.2) is 5.11 Å². The zero-order valence-electron chi connectivity index (χ0n) is 13.2. The van der Waals surface area contributed by atoms with Gasteiger partial charge in [-0.05, 0) is 48.3 Å². The van der Waals surface area contributed by atoms with E-state index in [2.05, 4.69) is 30.0 Å². The minimum absolute atomic E-state index is 0.274. The number of hydrazine groups is 1. The quantitative estimate of drug-likeness (QED) is 0.426. The molecule has 0 atom stereocenters. The summed E-state index contributed by atoms with van der Waals surface area (Å²) in [5, 5.41) is 3.43. The number of rotatable bonds is 6. The van der Waals surface area contributed by atoms with Gasteiger partial charge in [-0.1, -0.05) is 26.0 Å². The maximum Gasteiger partial charge on any atom is 0.262 e. The highest BCUT2D eigenvalue weighted by Crippen LogP contribution is 2.12. The van der Waals surface area contributed by atoms with Crippen LogP contribution in [0.15, 0.2) is 30.3 Å². The molecule has 1 amide bonds. The van der Waals surface area contributed by atoms with E-state index < -0.39 is 0 Å². The third kappa shape index (κ3) is 7.64. The van der Waals surface area contributed by atoms with Crippen molar-refractivity contribution in [2.45, 2.75) is 20.3 Å². The highest BCUT2D eigenvalue weighted by molar-refractivity contribution is 7.80. The standard InChI is InChI=1S/C16H23N3O2S/c1-12(2)10-11-17-16(22)19-18-15(20)9-6-13-4-7-14(21-3)8-5-13/h4-9,12H,10-11H2,1-3H3,(H,18,20)(H2,17,19,22)/b9-6+. The Kier molecular flexibility index (Phi) is 7.99. The Morgan fingerprint density at radius 3 is 2.55 bits per heavy atom. The zero-order valence-corrected chi connectivity index (χ0v) is 14.0. The summed E-state index contributed by atoms with van der Waals surface area (Å²) in [4.78, 5) is 11.7. The number of methoxy groups -OCH3 is 1. The molecule has 0 saturated carbocycles. The third-order valence-electron chi connectivity index (χ3n) is 2.85. The Morgan fingerprint density at radius 2 is 1.95 bits per heavy atom. The van der Waals surface area contributed by atoms with Crippen molar-refractivity contribution < 1.29 is 9.53 Å². The van der Waals surface area contributed by atoms with Gasteiger partial charge >= 0.3 is 0 Å². The Labute approximate surface area is 137 Å². The lowest BCUT2D eigenvalue weighted by Gasteiger charge is -2.11. The first-order chi connectivity index (χ1) is 10.5. The van der Waals surface area contributed by atoms with Crippen LogP contribution in [0.5, 0.6) is 5.75 Å². The molecule has 0 aliphatic heterocycles. The molecular weight excluding hydrogens is 298 g/mol. The molecule has 1 rings (SSSR count). The van der Waals surface area contributed by atoms with E-state index in [4.69, 9.17) is 17.0 Å². The van der Waals surface area contributed by atoms with Crippen LogP contribution in [0.4, 0.5) is 0 Å². The number of carbonyl (C=O) groups excluding carboxylic acids is 1. The molecule has 0 radical (unpaired) electrons. The summed E-state index contributed by atoms with van der Waals surface area (Å²) in [5.74, 6) is 1.11. The van der Waals surface area contributed by atoms with Gasteiger partial charge in [0.1, 0.15) is 5.75 Å². The number of hydrogen-bond acceptors (Lipinski definition) is 3. The van der Waals surface area contributed by atoms with Crippen LogP contribution < -0.4 is 20.9 Å². The van der Waals surface area contributed by atoms with E-state index in [9.17, 15) is 4.79 Å². The Bertz CT molecular complexity index is 513. The average Bonchev–Trinajstić information content (AvgIpc) is 2.51. The van der Waals surface area contributed by atoms with Gasteiger partial charge in [0.2, 0.25) is 0 Å². The molecule has 0 bridgehead atoms. The smallest absolute Gasteiger partial charge is 0.262 e. The van der Waals surface area contributed by atoms with E-state index in [0.29, 0.717) is 11.0 Å². The normalized spacial score (nSPS) is 10.5. The van der Waals surface area contributed by atoms with E-state index in [1.165, 1.54) is 6.08 Å². The summed E-state index contributed by atoms with van der Waals surface area (Å²) in [6.45, 7) is 5.06. The van der Waals surface area contributed by atoms with Gasteiger partial charge in [-0.2, -0.15) is 0 Å². The van der Waals surface area contributed by atoms with Gasteiger partial charge in [-0.15, -0.1) is 0 Å². The van der Waals surface area contributed by atoms with Crippen molar-refractivity contribution in [1.82, 2.24) is 16.2 Å². The molecule has 0 saturated heterocycles. The fourth-order valence-electron chi connectivity index (χ4n) is 1.57. The molecule has 0 aliphatic rings. The summed E-state index contributed by atoms with van der Waals surface area (Å²) in [7, 11) is 1.61. The molecule has 6 heteroatoms. The second-order valence-corrected chi connectivity index (χ2v) is 5.57. The first-order valence-electron chi connectivity index (χ1n) is 7.17. The maximum absolute atomic E-state index is 11.7. The van der Waals surface area contributed by atoms with E-state index in [1.54, 1.807) is 13.2 Å². The number of ether oxygens (including phenoxy) is 1. The molecule has 0 unspecified atom stereocenters. The van der Waals surface area contributed by atoms with Crippen LogP contribution >= 0.6 is 12.2 Å². The second-order valence-electron chi connectivity index (χ2n) is 5.16. The molecule has 3 N–H and O–H groups in total. The van der Waals surface area contributed by atoms with Crippen molar-refractivity contribution in [1.29, 1.82) is 0 Å². The number of thiocarbonyl (C=S) groups is 1. The van der Waals surface area contributed by atoms with Gasteiger partial charge in [0.25, 0.3) is 5.91 Å². The Morgan fingerprint density at radius 1 is 1.27 bits per heavy atom.